The molecule has 150 valence electrons. The molecule has 0 saturated carbocycles. The van der Waals surface area contributed by atoms with E-state index in [1.54, 1.807) is 7.11 Å². The predicted molar refractivity (Wildman–Crippen MR) is 109 cm³/mol. The van der Waals surface area contributed by atoms with Crippen LogP contribution >= 0.6 is 0 Å². The van der Waals surface area contributed by atoms with E-state index >= 15 is 0 Å². The van der Waals surface area contributed by atoms with Gasteiger partial charge in [0.05, 0.1) is 13.2 Å². The number of benzene rings is 2. The summed E-state index contributed by atoms with van der Waals surface area (Å²) in [5, 5.41) is 3.22. The van der Waals surface area contributed by atoms with Gasteiger partial charge in [-0.3, -0.25) is 9.69 Å². The van der Waals surface area contributed by atoms with Gasteiger partial charge in [-0.05, 0) is 67.7 Å². The number of hydrogen-bond acceptors (Lipinski definition) is 3. The Hall–Kier alpha value is -2.40. The quantitative estimate of drug-likeness (QED) is 0.773. The summed E-state index contributed by atoms with van der Waals surface area (Å²) >= 11 is 0. The Morgan fingerprint density at radius 1 is 1.14 bits per heavy atom. The Balaban J connectivity index is 1.50. The first-order valence-electron chi connectivity index (χ1n) is 10.00. The van der Waals surface area contributed by atoms with E-state index in [0.29, 0.717) is 0 Å². The molecule has 0 spiro atoms. The maximum atomic E-state index is 13.0. The van der Waals surface area contributed by atoms with Crippen molar-refractivity contribution in [3.8, 4) is 5.75 Å². The predicted octanol–water partition coefficient (Wildman–Crippen LogP) is 4.31. The third kappa shape index (κ3) is 5.32. The van der Waals surface area contributed by atoms with Crippen LogP contribution in [0.15, 0.2) is 48.5 Å². The van der Waals surface area contributed by atoms with Crippen molar-refractivity contribution in [2.24, 2.45) is 5.92 Å². The summed E-state index contributed by atoms with van der Waals surface area (Å²) in [4.78, 5) is 15.1. The minimum atomic E-state index is -0.207. The van der Waals surface area contributed by atoms with Gasteiger partial charge >= 0.3 is 0 Å². The van der Waals surface area contributed by atoms with Gasteiger partial charge in [-0.25, -0.2) is 4.39 Å². The third-order valence-corrected chi connectivity index (χ3v) is 5.52. The van der Waals surface area contributed by atoms with E-state index in [4.69, 9.17) is 4.74 Å². The number of carbonyl (C=O) groups is 1. The molecule has 0 unspecified atom stereocenters. The van der Waals surface area contributed by atoms with Crippen molar-refractivity contribution < 1.29 is 13.9 Å². The molecule has 0 radical (unpaired) electrons. The molecule has 0 bridgehead atoms. The molecule has 1 fully saturated rings. The fourth-order valence-corrected chi connectivity index (χ4v) is 3.75. The van der Waals surface area contributed by atoms with Gasteiger partial charge in [0.1, 0.15) is 11.6 Å². The van der Waals surface area contributed by atoms with Crippen LogP contribution in [0.4, 0.5) is 4.39 Å². The van der Waals surface area contributed by atoms with E-state index in [1.807, 2.05) is 36.4 Å². The summed E-state index contributed by atoms with van der Waals surface area (Å²) in [6.07, 6.45) is 2.56. The Labute approximate surface area is 166 Å². The Morgan fingerprint density at radius 3 is 2.36 bits per heavy atom. The molecule has 5 heteroatoms. The molecule has 1 atom stereocenters. The molecule has 1 amide bonds. The number of methoxy groups -OCH3 is 1. The van der Waals surface area contributed by atoms with Crippen LogP contribution in [0.5, 0.6) is 5.75 Å². The van der Waals surface area contributed by atoms with Gasteiger partial charge in [0.15, 0.2) is 0 Å². The Morgan fingerprint density at radius 2 is 1.79 bits per heavy atom. The van der Waals surface area contributed by atoms with Crippen LogP contribution < -0.4 is 10.1 Å². The summed E-state index contributed by atoms with van der Waals surface area (Å²) in [7, 11) is 1.65. The molecule has 0 aliphatic carbocycles. The summed E-state index contributed by atoms with van der Waals surface area (Å²) in [5.74, 6) is 0.806. The Kier molecular flexibility index (Phi) is 7.04. The largest absolute Gasteiger partial charge is 0.497 e. The van der Waals surface area contributed by atoms with Crippen LogP contribution in [0.25, 0.3) is 0 Å². The highest BCUT2D eigenvalue weighted by Crippen LogP contribution is 2.23. The summed E-state index contributed by atoms with van der Waals surface area (Å²) in [5.41, 5.74) is 2.21. The normalized spacial score (nSPS) is 16.5. The van der Waals surface area contributed by atoms with Gasteiger partial charge in [-0.15, -0.1) is 0 Å². The molecule has 1 aliphatic rings. The first kappa shape index (κ1) is 20.3. The van der Waals surface area contributed by atoms with E-state index in [-0.39, 0.29) is 23.7 Å². The van der Waals surface area contributed by atoms with Crippen LogP contribution in [-0.2, 0) is 11.3 Å². The molecule has 0 aromatic heterocycles. The average molecular weight is 384 g/mol. The minimum Gasteiger partial charge on any atom is -0.497 e. The van der Waals surface area contributed by atoms with Crippen molar-refractivity contribution in [1.29, 1.82) is 0 Å². The maximum Gasteiger partial charge on any atom is 0.223 e. The molecular formula is C23H29FN2O2. The number of likely N-dealkylation sites (tertiary alicyclic amines) is 1. The third-order valence-electron chi connectivity index (χ3n) is 5.52. The topological polar surface area (TPSA) is 41.6 Å². The van der Waals surface area contributed by atoms with Crippen LogP contribution in [0.1, 0.15) is 43.4 Å². The number of ether oxygens (including phenoxy) is 1. The summed E-state index contributed by atoms with van der Waals surface area (Å²) in [6.45, 7) is 4.65. The number of carbonyl (C=O) groups excluding carboxylic acids is 1. The number of piperidine rings is 1. The average Bonchev–Trinajstić information content (AvgIpc) is 2.74. The highest BCUT2D eigenvalue weighted by atomic mass is 19.1. The number of nitrogens with zero attached hydrogens (tertiary/aromatic N) is 1. The van der Waals surface area contributed by atoms with Crippen LogP contribution in [0.2, 0.25) is 0 Å². The van der Waals surface area contributed by atoms with E-state index in [0.717, 1.165) is 55.8 Å². The second-order valence-electron chi connectivity index (χ2n) is 7.42. The van der Waals surface area contributed by atoms with Crippen molar-refractivity contribution >= 4 is 5.91 Å². The van der Waals surface area contributed by atoms with Crippen molar-refractivity contribution in [2.75, 3.05) is 20.2 Å². The van der Waals surface area contributed by atoms with Crippen LogP contribution in [0, 0.1) is 11.7 Å². The number of halogens is 1. The summed E-state index contributed by atoms with van der Waals surface area (Å²) in [6, 6.07) is 14.6. The first-order chi connectivity index (χ1) is 13.6. The molecule has 1 N–H and O–H groups in total. The second-order valence-corrected chi connectivity index (χ2v) is 7.42. The minimum absolute atomic E-state index is 0.0238. The van der Waals surface area contributed by atoms with E-state index in [9.17, 15) is 9.18 Å². The molecule has 1 saturated heterocycles. The highest BCUT2D eigenvalue weighted by molar-refractivity contribution is 5.79. The van der Waals surface area contributed by atoms with Crippen molar-refractivity contribution in [3.05, 3.63) is 65.5 Å². The van der Waals surface area contributed by atoms with Gasteiger partial charge in [0.2, 0.25) is 5.91 Å². The lowest BCUT2D eigenvalue weighted by atomic mass is 9.94. The SMILES string of the molecule is CC[C@@H](NC(=O)C1CCN(Cc2ccc(F)cc2)CC1)c1ccc(OC)cc1. The van der Waals surface area contributed by atoms with Crippen LogP contribution in [0.3, 0.4) is 0 Å². The standard InChI is InChI=1S/C23H29FN2O2/c1-3-22(18-6-10-21(28-2)11-7-18)25-23(27)19-12-14-26(15-13-19)16-17-4-8-20(24)9-5-17/h4-11,19,22H,3,12-16H2,1-2H3,(H,25,27)/t22-/m1/s1. The Bertz CT molecular complexity index is 753. The van der Waals surface area contributed by atoms with Gasteiger partial charge in [0, 0.05) is 12.5 Å². The van der Waals surface area contributed by atoms with Gasteiger partial charge < -0.3 is 10.1 Å². The lowest BCUT2D eigenvalue weighted by Crippen LogP contribution is -2.41. The zero-order valence-corrected chi connectivity index (χ0v) is 16.7. The molecule has 3 rings (SSSR count). The van der Waals surface area contributed by atoms with Gasteiger partial charge in [-0.2, -0.15) is 0 Å². The number of amides is 1. The van der Waals surface area contributed by atoms with Gasteiger partial charge in [-0.1, -0.05) is 31.2 Å². The van der Waals surface area contributed by atoms with E-state index in [1.165, 1.54) is 12.1 Å². The number of hydrogen-bond donors (Lipinski definition) is 1. The first-order valence-corrected chi connectivity index (χ1v) is 10.00. The second kappa shape index (κ2) is 9.69. The molecule has 2 aromatic carbocycles. The van der Waals surface area contributed by atoms with Crippen LogP contribution in [-0.4, -0.2) is 31.0 Å². The van der Waals surface area contributed by atoms with E-state index in [2.05, 4.69) is 17.1 Å². The zero-order chi connectivity index (χ0) is 19.9. The fourth-order valence-electron chi connectivity index (χ4n) is 3.75. The molecule has 28 heavy (non-hydrogen) atoms. The van der Waals surface area contributed by atoms with Crippen molar-refractivity contribution in [1.82, 2.24) is 10.2 Å². The maximum absolute atomic E-state index is 13.0. The lowest BCUT2D eigenvalue weighted by Gasteiger charge is -2.32. The highest BCUT2D eigenvalue weighted by Gasteiger charge is 2.26. The molecule has 1 heterocycles. The monoisotopic (exact) mass is 384 g/mol. The zero-order valence-electron chi connectivity index (χ0n) is 16.7. The van der Waals surface area contributed by atoms with E-state index < -0.39 is 0 Å². The molecule has 4 nitrogen and oxygen atoms in total. The number of rotatable bonds is 7. The molecule has 2 aromatic rings. The number of nitrogens with one attached hydrogen (secondary N) is 1. The summed E-state index contributed by atoms with van der Waals surface area (Å²) < 4.78 is 18.2. The lowest BCUT2D eigenvalue weighted by molar-refractivity contribution is -0.127. The smallest absolute Gasteiger partial charge is 0.223 e. The fraction of sp³-hybridized carbons (Fsp3) is 0.435. The van der Waals surface area contributed by atoms with Crippen molar-refractivity contribution in [3.63, 3.8) is 0 Å². The van der Waals surface area contributed by atoms with Gasteiger partial charge in [0.25, 0.3) is 0 Å². The molecular weight excluding hydrogens is 355 g/mol. The van der Waals surface area contributed by atoms with Crippen molar-refractivity contribution in [2.45, 2.75) is 38.8 Å². The molecule has 1 aliphatic heterocycles.